The van der Waals surface area contributed by atoms with Gasteiger partial charge in [-0.15, -0.1) is 0 Å². The number of hydrogen-bond donors (Lipinski definition) is 0. The van der Waals surface area contributed by atoms with Crippen molar-refractivity contribution in [3.63, 3.8) is 0 Å². The van der Waals surface area contributed by atoms with Crippen LogP contribution in [-0.2, 0) is 11.8 Å². The molecule has 208 valence electrons. The van der Waals surface area contributed by atoms with Crippen molar-refractivity contribution in [2.45, 2.75) is 18.4 Å². The van der Waals surface area contributed by atoms with Gasteiger partial charge in [0.15, 0.2) is 0 Å². The molecule has 5 nitrogen and oxygen atoms in total. The zero-order valence-corrected chi connectivity index (χ0v) is 23.8. The van der Waals surface area contributed by atoms with Crippen LogP contribution in [0.3, 0.4) is 0 Å². The number of hydrogen-bond acceptors (Lipinski definition) is 3. The third-order valence-corrected chi connectivity index (χ3v) is 8.46. The van der Waals surface area contributed by atoms with Gasteiger partial charge >= 0.3 is 0 Å². The van der Waals surface area contributed by atoms with Crippen molar-refractivity contribution >= 4 is 16.8 Å². The summed E-state index contributed by atoms with van der Waals surface area (Å²) < 4.78 is 7.94. The number of fused-ring (bicyclic) bond motifs is 1. The predicted octanol–water partition coefficient (Wildman–Crippen LogP) is 6.64. The number of aromatic nitrogens is 1. The van der Waals surface area contributed by atoms with Crippen LogP contribution >= 0.6 is 0 Å². The number of carbonyl (C=O) groups excluding carboxylic acids is 1. The van der Waals surface area contributed by atoms with Gasteiger partial charge in [0.1, 0.15) is 5.75 Å². The number of ether oxygens (including phenoxy) is 1. The maximum absolute atomic E-state index is 14.0. The van der Waals surface area contributed by atoms with Crippen LogP contribution in [0.5, 0.6) is 5.75 Å². The van der Waals surface area contributed by atoms with Gasteiger partial charge in [-0.25, -0.2) is 0 Å². The van der Waals surface area contributed by atoms with Crippen LogP contribution in [0.15, 0.2) is 115 Å². The van der Waals surface area contributed by atoms with Crippen LogP contribution in [0.4, 0.5) is 0 Å². The number of para-hydroxylation sites is 2. The highest BCUT2D eigenvalue weighted by Crippen LogP contribution is 2.39. The Morgan fingerprint density at radius 1 is 0.732 bits per heavy atom. The highest BCUT2D eigenvalue weighted by Gasteiger charge is 2.31. The van der Waals surface area contributed by atoms with E-state index < -0.39 is 0 Å². The molecule has 0 saturated carbocycles. The third kappa shape index (κ3) is 5.50. The zero-order valence-electron chi connectivity index (χ0n) is 23.8. The minimum absolute atomic E-state index is 0.107. The van der Waals surface area contributed by atoms with Crippen LogP contribution in [0.25, 0.3) is 10.9 Å². The Hall–Kier alpha value is -4.35. The Morgan fingerprint density at radius 2 is 1.32 bits per heavy atom. The maximum Gasteiger partial charge on any atom is 0.223 e. The van der Waals surface area contributed by atoms with Gasteiger partial charge in [-0.2, -0.15) is 0 Å². The van der Waals surface area contributed by atoms with Crippen molar-refractivity contribution in [2.24, 2.45) is 7.05 Å². The molecular weight excluding hydrogens is 506 g/mol. The second-order valence-corrected chi connectivity index (χ2v) is 10.9. The quantitative estimate of drug-likeness (QED) is 0.220. The predicted molar refractivity (Wildman–Crippen MR) is 165 cm³/mol. The molecule has 0 aliphatic carbocycles. The first-order chi connectivity index (χ1) is 20.1. The van der Waals surface area contributed by atoms with Gasteiger partial charge in [0.05, 0.1) is 13.2 Å². The molecule has 5 aromatic rings. The van der Waals surface area contributed by atoms with Crippen LogP contribution in [0, 0.1) is 0 Å². The third-order valence-electron chi connectivity index (χ3n) is 8.46. The van der Waals surface area contributed by atoms with E-state index in [1.165, 1.54) is 16.5 Å². The monoisotopic (exact) mass is 543 g/mol. The summed E-state index contributed by atoms with van der Waals surface area (Å²) in [5, 5.41) is 1.18. The summed E-state index contributed by atoms with van der Waals surface area (Å²) in [6, 6.07) is 38.1. The highest BCUT2D eigenvalue weighted by molar-refractivity contribution is 5.87. The number of piperazine rings is 1. The molecule has 0 spiro atoms. The van der Waals surface area contributed by atoms with Gasteiger partial charge in [0, 0.05) is 68.2 Å². The topological polar surface area (TPSA) is 37.7 Å². The lowest BCUT2D eigenvalue weighted by molar-refractivity contribution is -0.133. The summed E-state index contributed by atoms with van der Waals surface area (Å²) in [4.78, 5) is 18.5. The summed E-state index contributed by atoms with van der Waals surface area (Å²) >= 11 is 0. The molecule has 1 unspecified atom stereocenters. The van der Waals surface area contributed by atoms with Crippen LogP contribution in [0.1, 0.15) is 40.6 Å². The van der Waals surface area contributed by atoms with E-state index in [1.807, 2.05) is 18.2 Å². The molecule has 1 atom stereocenters. The molecule has 6 rings (SSSR count). The minimum atomic E-state index is -0.107. The molecule has 0 N–H and O–H groups in total. The van der Waals surface area contributed by atoms with E-state index in [9.17, 15) is 4.79 Å². The zero-order chi connectivity index (χ0) is 28.2. The normalized spacial score (nSPS) is 14.9. The molecule has 1 saturated heterocycles. The lowest BCUT2D eigenvalue weighted by Gasteiger charge is -2.40. The van der Waals surface area contributed by atoms with Crippen molar-refractivity contribution < 1.29 is 9.53 Å². The smallest absolute Gasteiger partial charge is 0.223 e. The fourth-order valence-electron chi connectivity index (χ4n) is 6.41. The molecule has 1 fully saturated rings. The Bertz CT molecular complexity index is 1560. The molecule has 1 aromatic heterocycles. The van der Waals surface area contributed by atoms with Crippen LogP contribution < -0.4 is 4.74 Å². The Kier molecular flexibility index (Phi) is 7.88. The van der Waals surface area contributed by atoms with Gasteiger partial charge < -0.3 is 14.2 Å². The number of benzene rings is 4. The molecular formula is C36H37N3O2. The molecule has 5 heteroatoms. The summed E-state index contributed by atoms with van der Waals surface area (Å²) in [6.07, 6.45) is 2.58. The minimum Gasteiger partial charge on any atom is -0.496 e. The van der Waals surface area contributed by atoms with E-state index >= 15 is 0 Å². The summed E-state index contributed by atoms with van der Waals surface area (Å²) in [6.45, 7) is 3.08. The van der Waals surface area contributed by atoms with Crippen molar-refractivity contribution in [1.82, 2.24) is 14.4 Å². The first-order valence-corrected chi connectivity index (χ1v) is 14.4. The standard InChI is InChI=1S/C36H37N3O2/c1-37-26-32(29-17-9-11-19-33(29)37)31(30-18-10-12-20-34(30)41-2)25-35(40)38-21-23-39(24-22-38)36(27-13-5-3-6-14-27)28-15-7-4-8-16-28/h3-20,26,31,36H,21-25H2,1-2H3. The fourth-order valence-corrected chi connectivity index (χ4v) is 6.41. The Labute approximate surface area is 242 Å². The molecule has 0 radical (unpaired) electrons. The van der Waals surface area contributed by atoms with E-state index in [2.05, 4.69) is 119 Å². The van der Waals surface area contributed by atoms with Gasteiger partial charge in [-0.1, -0.05) is 97.1 Å². The van der Waals surface area contributed by atoms with Crippen molar-refractivity contribution in [2.75, 3.05) is 33.3 Å². The highest BCUT2D eigenvalue weighted by atomic mass is 16.5. The van der Waals surface area contributed by atoms with E-state index in [1.54, 1.807) is 7.11 Å². The van der Waals surface area contributed by atoms with E-state index in [4.69, 9.17) is 4.74 Å². The van der Waals surface area contributed by atoms with Crippen molar-refractivity contribution in [3.05, 3.63) is 138 Å². The van der Waals surface area contributed by atoms with Crippen molar-refractivity contribution in [3.8, 4) is 5.75 Å². The van der Waals surface area contributed by atoms with E-state index in [-0.39, 0.29) is 17.9 Å². The Balaban J connectivity index is 1.25. The fraction of sp³-hybridized carbons (Fsp3) is 0.250. The molecule has 1 aliphatic heterocycles. The number of nitrogens with zero attached hydrogens (tertiary/aromatic N) is 3. The first-order valence-electron chi connectivity index (χ1n) is 14.4. The summed E-state index contributed by atoms with van der Waals surface area (Å²) in [5.41, 5.74) is 5.94. The van der Waals surface area contributed by atoms with Gasteiger partial charge in [0.2, 0.25) is 5.91 Å². The number of amides is 1. The largest absolute Gasteiger partial charge is 0.496 e. The average Bonchev–Trinajstić information content (AvgIpc) is 3.37. The number of carbonyl (C=O) groups is 1. The summed E-state index contributed by atoms with van der Waals surface area (Å²) in [7, 11) is 3.78. The summed E-state index contributed by atoms with van der Waals surface area (Å²) in [5.74, 6) is 0.894. The second kappa shape index (κ2) is 12.0. The SMILES string of the molecule is COc1ccccc1C(CC(=O)N1CCN(C(c2ccccc2)c2ccccc2)CC1)c1cn(C)c2ccccc12. The Morgan fingerprint density at radius 3 is 1.98 bits per heavy atom. The number of aryl methyl sites for hydroxylation is 1. The lowest BCUT2D eigenvalue weighted by atomic mass is 9.87. The first kappa shape index (κ1) is 26.9. The number of methoxy groups -OCH3 is 1. The van der Waals surface area contributed by atoms with Gasteiger partial charge in [-0.3, -0.25) is 9.69 Å². The molecule has 1 amide bonds. The number of rotatable bonds is 8. The average molecular weight is 544 g/mol. The van der Waals surface area contributed by atoms with E-state index in [0.717, 1.165) is 35.5 Å². The van der Waals surface area contributed by atoms with Crippen molar-refractivity contribution in [1.29, 1.82) is 0 Å². The molecule has 4 aromatic carbocycles. The van der Waals surface area contributed by atoms with Gasteiger partial charge in [0.25, 0.3) is 0 Å². The van der Waals surface area contributed by atoms with Crippen LogP contribution in [-0.4, -0.2) is 53.6 Å². The molecule has 41 heavy (non-hydrogen) atoms. The van der Waals surface area contributed by atoms with E-state index in [0.29, 0.717) is 19.5 Å². The molecule has 2 heterocycles. The van der Waals surface area contributed by atoms with Crippen LogP contribution in [0.2, 0.25) is 0 Å². The second-order valence-electron chi connectivity index (χ2n) is 10.9. The lowest BCUT2D eigenvalue weighted by Crippen LogP contribution is -2.50. The molecule has 1 aliphatic rings. The molecule has 0 bridgehead atoms. The maximum atomic E-state index is 14.0. The van der Waals surface area contributed by atoms with Gasteiger partial charge in [-0.05, 0) is 28.8 Å².